The number of hydrogen-bond donors (Lipinski definition) is 4. The van der Waals surface area contributed by atoms with E-state index in [4.69, 9.17) is 5.21 Å². The zero-order chi connectivity index (χ0) is 23.9. The molecule has 2 atom stereocenters. The van der Waals surface area contributed by atoms with Crippen molar-refractivity contribution in [1.82, 2.24) is 16.1 Å². The Hall–Kier alpha value is -3.84. The van der Waals surface area contributed by atoms with Crippen LogP contribution in [-0.2, 0) is 9.59 Å². The van der Waals surface area contributed by atoms with Crippen LogP contribution in [0.25, 0.3) is 0 Å². The van der Waals surface area contributed by atoms with Gasteiger partial charge >= 0.3 is 0 Å². The molecule has 32 heavy (non-hydrogen) atoms. The molecule has 4 N–H and O–H groups in total. The van der Waals surface area contributed by atoms with Gasteiger partial charge in [0.15, 0.2) is 0 Å². The Kier molecular flexibility index (Phi) is 7.98. The molecule has 2 rings (SSSR count). The summed E-state index contributed by atoms with van der Waals surface area (Å²) >= 11 is 0. The molecule has 2 aromatic carbocycles. The molecule has 7 nitrogen and oxygen atoms in total. The van der Waals surface area contributed by atoms with Crippen molar-refractivity contribution < 1.29 is 32.8 Å². The maximum atomic E-state index is 13.7. The number of hydrogen-bond acceptors (Lipinski definition) is 4. The van der Waals surface area contributed by atoms with Gasteiger partial charge in [0.2, 0.25) is 5.91 Å². The number of benzene rings is 2. The number of hydroxylamine groups is 1. The van der Waals surface area contributed by atoms with Crippen LogP contribution in [0.3, 0.4) is 0 Å². The highest BCUT2D eigenvalue weighted by Crippen LogP contribution is 2.21. The minimum absolute atomic E-state index is 0.0208. The number of nitrogens with one attached hydrogen (secondary N) is 3. The number of amides is 3. The number of halogens is 3. The van der Waals surface area contributed by atoms with Crippen molar-refractivity contribution in [2.45, 2.75) is 31.9 Å². The second kappa shape index (κ2) is 10.5. The molecule has 10 heteroatoms. The van der Waals surface area contributed by atoms with Crippen molar-refractivity contribution in [2.75, 3.05) is 0 Å². The quantitative estimate of drug-likeness (QED) is 0.309. The Morgan fingerprint density at radius 2 is 1.47 bits per heavy atom. The van der Waals surface area contributed by atoms with Gasteiger partial charge in [0.1, 0.15) is 17.4 Å². The van der Waals surface area contributed by atoms with Crippen LogP contribution in [0, 0.1) is 17.7 Å². The first-order valence-corrected chi connectivity index (χ1v) is 9.26. The molecule has 0 aliphatic heterocycles. The lowest BCUT2D eigenvalue weighted by atomic mass is 9.91. The van der Waals surface area contributed by atoms with E-state index in [0.717, 1.165) is 13.8 Å². The third kappa shape index (κ3) is 6.09. The molecule has 0 fully saturated rings. The molecule has 0 aliphatic carbocycles. The fourth-order valence-electron chi connectivity index (χ4n) is 2.78. The van der Waals surface area contributed by atoms with E-state index in [-0.39, 0.29) is 11.4 Å². The van der Waals surface area contributed by atoms with Gasteiger partial charge in [-0.1, -0.05) is 11.8 Å². The Bertz CT molecular complexity index is 1050. The van der Waals surface area contributed by atoms with Crippen molar-refractivity contribution >= 4 is 17.7 Å². The highest BCUT2D eigenvalue weighted by Gasteiger charge is 2.48. The van der Waals surface area contributed by atoms with Crippen molar-refractivity contribution in [1.29, 1.82) is 0 Å². The predicted octanol–water partition coefficient (Wildman–Crippen LogP) is 1.99. The van der Waals surface area contributed by atoms with E-state index in [1.807, 2.05) is 5.32 Å². The number of alkyl halides is 2. The van der Waals surface area contributed by atoms with Crippen LogP contribution in [0.4, 0.5) is 13.2 Å². The average Bonchev–Trinajstić information content (AvgIpc) is 2.76. The Morgan fingerprint density at radius 3 is 1.91 bits per heavy atom. The molecular formula is C22H20F3N3O4. The summed E-state index contributed by atoms with van der Waals surface area (Å²) in [6, 6.07) is 9.26. The lowest BCUT2D eigenvalue weighted by Gasteiger charge is -2.36. The first kappa shape index (κ1) is 24.4. The molecule has 168 valence electrons. The molecule has 0 saturated heterocycles. The third-order valence-electron chi connectivity index (χ3n) is 4.49. The molecular weight excluding hydrogens is 427 g/mol. The minimum Gasteiger partial charge on any atom is -0.343 e. The first-order valence-electron chi connectivity index (χ1n) is 9.26. The summed E-state index contributed by atoms with van der Waals surface area (Å²) < 4.78 is 40.3. The van der Waals surface area contributed by atoms with Gasteiger partial charge in [-0.3, -0.25) is 19.6 Å². The summed E-state index contributed by atoms with van der Waals surface area (Å²) in [4.78, 5) is 35.9. The fraction of sp³-hybridized carbons (Fsp3) is 0.227. The number of rotatable bonds is 6. The molecule has 0 spiro atoms. The van der Waals surface area contributed by atoms with Crippen LogP contribution in [0.2, 0.25) is 0 Å². The SMILES string of the molecule is CC(=O)NC(C)(C(F)F)[C@H](NC(=O)c1ccc(C#Cc2ccc(F)cc2)cc1)C(=O)NO. The topological polar surface area (TPSA) is 108 Å². The van der Waals surface area contributed by atoms with Gasteiger partial charge in [0, 0.05) is 23.6 Å². The van der Waals surface area contributed by atoms with Crippen LogP contribution < -0.4 is 16.1 Å². The second-order valence-electron chi connectivity index (χ2n) is 6.98. The third-order valence-corrected chi connectivity index (χ3v) is 4.49. The van der Waals surface area contributed by atoms with Crippen molar-refractivity contribution in [2.24, 2.45) is 0 Å². The van der Waals surface area contributed by atoms with E-state index in [1.54, 1.807) is 0 Å². The summed E-state index contributed by atoms with van der Waals surface area (Å²) in [5, 5.41) is 13.0. The maximum absolute atomic E-state index is 13.7. The van der Waals surface area contributed by atoms with Crippen molar-refractivity contribution in [3.63, 3.8) is 0 Å². The zero-order valence-electron chi connectivity index (χ0n) is 17.1. The van der Waals surface area contributed by atoms with E-state index in [0.29, 0.717) is 11.1 Å². The van der Waals surface area contributed by atoms with E-state index in [2.05, 4.69) is 17.2 Å². The van der Waals surface area contributed by atoms with Gasteiger partial charge < -0.3 is 10.6 Å². The van der Waals surface area contributed by atoms with Crippen LogP contribution in [-0.4, -0.2) is 40.9 Å². The predicted molar refractivity (Wildman–Crippen MR) is 108 cm³/mol. The van der Waals surface area contributed by atoms with Gasteiger partial charge in [-0.25, -0.2) is 18.7 Å². The Morgan fingerprint density at radius 1 is 0.969 bits per heavy atom. The van der Waals surface area contributed by atoms with Crippen molar-refractivity contribution in [3.05, 3.63) is 71.0 Å². The molecule has 0 aromatic heterocycles. The molecule has 0 saturated carbocycles. The van der Waals surface area contributed by atoms with Gasteiger partial charge in [0.25, 0.3) is 18.2 Å². The van der Waals surface area contributed by atoms with Gasteiger partial charge in [-0.15, -0.1) is 0 Å². The zero-order valence-corrected chi connectivity index (χ0v) is 17.1. The monoisotopic (exact) mass is 447 g/mol. The summed E-state index contributed by atoms with van der Waals surface area (Å²) in [6.07, 6.45) is -3.25. The lowest BCUT2D eigenvalue weighted by Crippen LogP contribution is -2.68. The fourth-order valence-corrected chi connectivity index (χ4v) is 2.78. The minimum atomic E-state index is -3.25. The molecule has 0 heterocycles. The van der Waals surface area contributed by atoms with E-state index < -0.39 is 35.7 Å². The molecule has 0 bridgehead atoms. The van der Waals surface area contributed by atoms with Crippen LogP contribution >= 0.6 is 0 Å². The largest absolute Gasteiger partial charge is 0.343 e. The number of carbonyl (C=O) groups is 3. The van der Waals surface area contributed by atoms with Crippen LogP contribution in [0.5, 0.6) is 0 Å². The van der Waals surface area contributed by atoms with Gasteiger partial charge in [-0.2, -0.15) is 0 Å². The summed E-state index contributed by atoms with van der Waals surface area (Å²) in [5.74, 6) is 2.17. The molecule has 0 radical (unpaired) electrons. The van der Waals surface area contributed by atoms with E-state index in [1.165, 1.54) is 54.0 Å². The van der Waals surface area contributed by atoms with Gasteiger partial charge in [0.05, 0.1) is 0 Å². The van der Waals surface area contributed by atoms with Crippen LogP contribution in [0.1, 0.15) is 35.3 Å². The molecule has 0 aliphatic rings. The van der Waals surface area contributed by atoms with E-state index >= 15 is 0 Å². The normalized spacial score (nSPS) is 13.2. The Labute approximate surface area is 182 Å². The Balaban J connectivity index is 2.22. The first-order chi connectivity index (χ1) is 15.1. The summed E-state index contributed by atoms with van der Waals surface area (Å²) in [6.45, 7) is 1.84. The molecule has 1 unspecified atom stereocenters. The van der Waals surface area contributed by atoms with E-state index in [9.17, 15) is 27.6 Å². The average molecular weight is 447 g/mol. The lowest BCUT2D eigenvalue weighted by molar-refractivity contribution is -0.137. The summed E-state index contributed by atoms with van der Waals surface area (Å²) in [7, 11) is 0. The highest BCUT2D eigenvalue weighted by molar-refractivity contribution is 5.98. The van der Waals surface area contributed by atoms with Crippen molar-refractivity contribution in [3.8, 4) is 11.8 Å². The summed E-state index contributed by atoms with van der Waals surface area (Å²) in [5.41, 5.74) is -0.151. The maximum Gasteiger partial charge on any atom is 0.268 e. The standard InChI is InChI=1S/C22H20F3N3O4/c1-13(29)27-22(2,21(24)25)18(20(31)28-32)26-19(30)16-9-5-14(6-10-16)3-4-15-7-11-17(23)12-8-15/h5-12,18,21,32H,1-2H3,(H,26,30)(H,27,29)(H,28,31)/t18-,22?/m1/s1. The molecule has 3 amide bonds. The number of carbonyl (C=O) groups excluding carboxylic acids is 3. The van der Waals surface area contributed by atoms with Crippen LogP contribution in [0.15, 0.2) is 48.5 Å². The highest BCUT2D eigenvalue weighted by atomic mass is 19.3. The smallest absolute Gasteiger partial charge is 0.268 e. The second-order valence-corrected chi connectivity index (χ2v) is 6.98. The van der Waals surface area contributed by atoms with Gasteiger partial charge in [-0.05, 0) is 55.5 Å². The molecule has 2 aromatic rings.